The third-order valence-corrected chi connectivity index (χ3v) is 6.56. The number of benzene rings is 1. The van der Waals surface area contributed by atoms with E-state index in [0.717, 1.165) is 12.1 Å². The first-order chi connectivity index (χ1) is 11.7. The fraction of sp³-hybridized carbons (Fsp3) is 0.500. The second-order valence-electron chi connectivity index (χ2n) is 7.64. The molecule has 124 valence electrons. The highest BCUT2D eigenvalue weighted by Gasteiger charge is 2.66. The normalized spacial score (nSPS) is 38.3. The molecule has 1 aliphatic heterocycles. The number of amides is 2. The number of nitrogens with zero attached hydrogens (tertiary/aromatic N) is 1. The molecule has 24 heavy (non-hydrogen) atoms. The van der Waals surface area contributed by atoms with Crippen molar-refractivity contribution in [2.24, 2.45) is 35.5 Å². The zero-order valence-corrected chi connectivity index (χ0v) is 13.8. The number of anilines is 1. The van der Waals surface area contributed by atoms with E-state index in [1.807, 2.05) is 12.1 Å². The summed E-state index contributed by atoms with van der Waals surface area (Å²) in [5, 5.41) is 3.24. The van der Waals surface area contributed by atoms with Crippen molar-refractivity contribution in [3.05, 3.63) is 42.0 Å². The second kappa shape index (κ2) is 4.95. The lowest BCUT2D eigenvalue weighted by atomic mass is 9.63. The van der Waals surface area contributed by atoms with Crippen molar-refractivity contribution in [3.8, 4) is 0 Å². The van der Waals surface area contributed by atoms with Crippen LogP contribution in [0.4, 0.5) is 5.69 Å². The van der Waals surface area contributed by atoms with Crippen LogP contribution in [-0.4, -0.2) is 23.4 Å². The summed E-state index contributed by atoms with van der Waals surface area (Å²) in [5.74, 6) is 1.80. The quantitative estimate of drug-likeness (QED) is 0.685. The van der Waals surface area contributed by atoms with Gasteiger partial charge in [0, 0.05) is 5.69 Å². The van der Waals surface area contributed by atoms with Crippen LogP contribution in [-0.2, 0) is 16.0 Å². The Morgan fingerprint density at radius 1 is 1.00 bits per heavy atom. The molecule has 4 heteroatoms. The summed E-state index contributed by atoms with van der Waals surface area (Å²) >= 11 is 0. The van der Waals surface area contributed by atoms with E-state index in [9.17, 15) is 9.59 Å². The zero-order valence-electron chi connectivity index (χ0n) is 13.8. The van der Waals surface area contributed by atoms with Crippen LogP contribution in [0.3, 0.4) is 0 Å². The maximum atomic E-state index is 12.9. The molecule has 1 N–H and O–H groups in total. The summed E-state index contributed by atoms with van der Waals surface area (Å²) in [7, 11) is 0. The van der Waals surface area contributed by atoms with Crippen molar-refractivity contribution < 1.29 is 9.59 Å². The number of rotatable bonds is 4. The summed E-state index contributed by atoms with van der Waals surface area (Å²) in [6, 6.07) is 8.18. The molecule has 1 aromatic rings. The van der Waals surface area contributed by atoms with E-state index in [0.29, 0.717) is 23.7 Å². The molecule has 1 heterocycles. The van der Waals surface area contributed by atoms with Crippen molar-refractivity contribution in [3.63, 3.8) is 0 Å². The number of imide groups is 1. The van der Waals surface area contributed by atoms with Crippen LogP contribution < -0.4 is 5.32 Å². The Balaban J connectivity index is 1.33. The van der Waals surface area contributed by atoms with Gasteiger partial charge >= 0.3 is 0 Å². The highest BCUT2D eigenvalue weighted by Crippen LogP contribution is 2.65. The maximum Gasteiger partial charge on any atom is 0.235 e. The molecular formula is C20H22N2O2. The smallest absolute Gasteiger partial charge is 0.235 e. The molecule has 2 saturated carbocycles. The first-order valence-electron chi connectivity index (χ1n) is 9.05. The molecule has 5 aliphatic rings. The highest BCUT2D eigenvalue weighted by molar-refractivity contribution is 6.06. The van der Waals surface area contributed by atoms with E-state index in [1.165, 1.54) is 16.9 Å². The van der Waals surface area contributed by atoms with Crippen LogP contribution in [0.25, 0.3) is 0 Å². The molecule has 1 saturated heterocycles. The lowest BCUT2D eigenvalue weighted by Gasteiger charge is -2.37. The first kappa shape index (κ1) is 14.3. The van der Waals surface area contributed by atoms with Crippen LogP contribution in [0.5, 0.6) is 0 Å². The van der Waals surface area contributed by atoms with E-state index >= 15 is 0 Å². The number of aryl methyl sites for hydroxylation is 1. The molecule has 6 rings (SSSR count). The van der Waals surface area contributed by atoms with E-state index in [2.05, 4.69) is 36.5 Å². The predicted molar refractivity (Wildman–Crippen MR) is 90.9 cm³/mol. The van der Waals surface area contributed by atoms with Crippen LogP contribution in [0.15, 0.2) is 36.4 Å². The summed E-state index contributed by atoms with van der Waals surface area (Å²) in [6.45, 7) is 2.41. The fourth-order valence-electron chi connectivity index (χ4n) is 5.20. The molecule has 2 bridgehead atoms. The average molecular weight is 322 g/mol. The van der Waals surface area contributed by atoms with E-state index in [1.54, 1.807) is 0 Å². The summed E-state index contributed by atoms with van der Waals surface area (Å²) < 4.78 is 0. The van der Waals surface area contributed by atoms with Crippen LogP contribution in [0.1, 0.15) is 18.9 Å². The third kappa shape index (κ3) is 1.86. The predicted octanol–water partition coefficient (Wildman–Crippen LogP) is 2.67. The van der Waals surface area contributed by atoms with Crippen molar-refractivity contribution in [1.82, 2.24) is 4.90 Å². The van der Waals surface area contributed by atoms with Gasteiger partial charge in [0.05, 0.1) is 18.5 Å². The SMILES string of the molecule is CCc1ccc(NCN2C(=O)[C@@H]3[C@@H]4C=C[C@H]([C@@H]5C[C@H]45)[C@H]3C2=O)cc1. The maximum absolute atomic E-state index is 12.9. The molecule has 0 unspecified atom stereocenters. The topological polar surface area (TPSA) is 49.4 Å². The molecule has 0 aromatic heterocycles. The number of nitrogens with one attached hydrogen (secondary N) is 1. The van der Waals surface area contributed by atoms with Crippen molar-refractivity contribution in [2.45, 2.75) is 19.8 Å². The molecule has 0 radical (unpaired) electrons. The van der Waals surface area contributed by atoms with Gasteiger partial charge in [0.2, 0.25) is 11.8 Å². The first-order valence-corrected chi connectivity index (χ1v) is 9.05. The Labute approximate surface area is 141 Å². The Kier molecular flexibility index (Phi) is 2.94. The van der Waals surface area contributed by atoms with Gasteiger partial charge in [-0.25, -0.2) is 0 Å². The minimum Gasteiger partial charge on any atom is -0.367 e. The second-order valence-corrected chi connectivity index (χ2v) is 7.64. The number of allylic oxidation sites excluding steroid dienone is 2. The molecule has 4 nitrogen and oxygen atoms in total. The Bertz CT molecular complexity index is 703. The van der Waals surface area contributed by atoms with Crippen molar-refractivity contribution in [2.75, 3.05) is 12.0 Å². The summed E-state index contributed by atoms with van der Waals surface area (Å²) in [6.07, 6.45) is 6.64. The molecule has 0 spiro atoms. The number of likely N-dealkylation sites (tertiary alicyclic amines) is 1. The average Bonchev–Trinajstić information content (AvgIpc) is 3.39. The molecule has 2 amide bonds. The highest BCUT2D eigenvalue weighted by atomic mass is 16.2. The lowest BCUT2D eigenvalue weighted by Crippen LogP contribution is -2.40. The Hall–Kier alpha value is -2.10. The third-order valence-electron chi connectivity index (χ3n) is 6.56. The Morgan fingerprint density at radius 3 is 2.12 bits per heavy atom. The number of carbonyl (C=O) groups is 2. The monoisotopic (exact) mass is 322 g/mol. The van der Waals surface area contributed by atoms with Gasteiger partial charge in [-0.05, 0) is 54.2 Å². The Morgan fingerprint density at radius 2 is 1.58 bits per heavy atom. The lowest BCUT2D eigenvalue weighted by molar-refractivity contribution is -0.139. The van der Waals surface area contributed by atoms with Crippen LogP contribution in [0, 0.1) is 35.5 Å². The molecule has 3 fully saturated rings. The minimum atomic E-state index is -0.0967. The summed E-state index contributed by atoms with van der Waals surface area (Å²) in [5.41, 5.74) is 2.23. The van der Waals surface area contributed by atoms with Crippen molar-refractivity contribution >= 4 is 17.5 Å². The molecule has 6 atom stereocenters. The number of hydrogen-bond donors (Lipinski definition) is 1. The van der Waals surface area contributed by atoms with Crippen LogP contribution in [0.2, 0.25) is 0 Å². The van der Waals surface area contributed by atoms with Crippen LogP contribution >= 0.6 is 0 Å². The molecule has 1 aromatic carbocycles. The van der Waals surface area contributed by atoms with Gasteiger partial charge in [0.15, 0.2) is 0 Å². The zero-order chi connectivity index (χ0) is 16.4. The van der Waals surface area contributed by atoms with E-state index in [-0.39, 0.29) is 30.3 Å². The van der Waals surface area contributed by atoms with Gasteiger partial charge in [-0.3, -0.25) is 14.5 Å². The van der Waals surface area contributed by atoms with Gasteiger partial charge in [-0.1, -0.05) is 31.2 Å². The van der Waals surface area contributed by atoms with E-state index in [4.69, 9.17) is 0 Å². The van der Waals surface area contributed by atoms with Gasteiger partial charge in [0.25, 0.3) is 0 Å². The van der Waals surface area contributed by atoms with Crippen molar-refractivity contribution in [1.29, 1.82) is 0 Å². The standard InChI is InChI=1S/C20H22N2O2/c1-2-11-3-5-12(6-4-11)21-10-22-19(23)17-13-7-8-14(16-9-15(13)16)18(17)20(22)24/h3-8,13-18,21H,2,9-10H2,1H3/t13-,14-,15-,16+,17-,18-/m1/s1. The minimum absolute atomic E-state index is 0.0346. The molecule has 4 aliphatic carbocycles. The molecular weight excluding hydrogens is 300 g/mol. The number of carbonyl (C=O) groups excluding carboxylic acids is 2. The summed E-state index contributed by atoms with van der Waals surface area (Å²) in [4.78, 5) is 27.2. The largest absolute Gasteiger partial charge is 0.367 e. The van der Waals surface area contributed by atoms with Gasteiger partial charge in [-0.15, -0.1) is 0 Å². The fourth-order valence-corrected chi connectivity index (χ4v) is 5.20. The number of hydrogen-bond acceptors (Lipinski definition) is 3. The van der Waals surface area contributed by atoms with Gasteiger partial charge in [0.1, 0.15) is 0 Å². The van der Waals surface area contributed by atoms with E-state index < -0.39 is 0 Å². The van der Waals surface area contributed by atoms with Gasteiger partial charge in [-0.2, -0.15) is 0 Å². The van der Waals surface area contributed by atoms with Gasteiger partial charge < -0.3 is 5.32 Å².